The number of hydrogen-bond donors (Lipinski definition) is 5. The molecule has 2 aromatic carbocycles. The van der Waals surface area contributed by atoms with Crippen molar-refractivity contribution in [1.29, 1.82) is 0 Å². The molecule has 0 saturated heterocycles. The smallest absolute Gasteiger partial charge is 0.230 e. The summed E-state index contributed by atoms with van der Waals surface area (Å²) in [4.78, 5) is 55.5. The van der Waals surface area contributed by atoms with Crippen LogP contribution in [0.1, 0.15) is 86.3 Å². The lowest BCUT2D eigenvalue weighted by Gasteiger charge is -2.24. The van der Waals surface area contributed by atoms with Crippen LogP contribution in [0.2, 0.25) is 0 Å². The Morgan fingerprint density at radius 3 is 1.72 bits per heavy atom. The quantitative estimate of drug-likeness (QED) is 0.0594. The average molecular weight is 669 g/mol. The summed E-state index contributed by atoms with van der Waals surface area (Å²) >= 11 is 2.58. The molecule has 5 N–H and O–H groups in total. The van der Waals surface area contributed by atoms with E-state index in [0.717, 1.165) is 18.2 Å². The molecule has 0 fully saturated rings. The van der Waals surface area contributed by atoms with Crippen LogP contribution in [0, 0.1) is 13.8 Å². The van der Waals surface area contributed by atoms with Crippen molar-refractivity contribution in [3.05, 3.63) is 74.3 Å². The molecular weight excluding hydrogens is 629 g/mol. The Morgan fingerprint density at radius 2 is 1.15 bits per heavy atom. The molecule has 4 rings (SSSR count). The van der Waals surface area contributed by atoms with E-state index < -0.39 is 50.8 Å². The Balaban J connectivity index is 2.30. The Hall–Kier alpha value is -3.54. The normalized spacial score (nSPS) is 12.0. The minimum Gasteiger partial charge on any atom is -0.507 e. The first-order valence-corrected chi connectivity index (χ1v) is 17.5. The maximum atomic E-state index is 14.6. The van der Waals surface area contributed by atoms with Crippen LogP contribution < -0.4 is 21.7 Å². The molecule has 0 heterocycles. The van der Waals surface area contributed by atoms with Crippen LogP contribution in [0.3, 0.4) is 0 Å². The van der Waals surface area contributed by atoms with Gasteiger partial charge in [-0.25, -0.2) is 0 Å². The molecule has 0 saturated carbocycles. The van der Waals surface area contributed by atoms with E-state index >= 15 is 0 Å². The minimum absolute atomic E-state index is 0.0489. The van der Waals surface area contributed by atoms with E-state index in [-0.39, 0.29) is 96.0 Å². The van der Waals surface area contributed by atoms with Gasteiger partial charge < -0.3 is 25.5 Å². The fourth-order valence-corrected chi connectivity index (χ4v) is 7.99. The molecule has 9 nitrogen and oxygen atoms in total. The van der Waals surface area contributed by atoms with E-state index in [2.05, 4.69) is 0 Å². The number of thioether (sulfide) groups is 2. The van der Waals surface area contributed by atoms with Gasteiger partial charge in [0, 0.05) is 83.7 Å². The van der Waals surface area contributed by atoms with Crippen LogP contribution >= 0.6 is 23.5 Å². The molecule has 11 heteroatoms. The molecule has 2 aliphatic rings. The van der Waals surface area contributed by atoms with Crippen molar-refractivity contribution in [3.63, 3.8) is 0 Å². The standard InChI is InChI=1S/C35H40O9S2/c1-8-10-45-12-18-24-26(20(14(2)3)34(43)30(18)39)28(37)16(6)22(32(24)41)23-17(7)29(38)27-21(15(4)5)35(44)31(40)19(13-46-11-9-36)25(27)33(23)42/h14-15,36-37,39,41,43H,8-13H2,1-7H3. The second-order valence-corrected chi connectivity index (χ2v) is 14.3. The highest BCUT2D eigenvalue weighted by Crippen LogP contribution is 2.54. The third-order valence-corrected chi connectivity index (χ3v) is 10.6. The SMILES string of the molecule is CCCSCc1c(O)c(O)c(C(C)C)c2c(O)c(C)c(-c3c(C)c(=O)c4c(C(C)C)c(=O)c(=O)c(CSCCO)c-4c3=O)c(O)c12. The van der Waals surface area contributed by atoms with Crippen molar-refractivity contribution in [2.75, 3.05) is 18.1 Å². The number of aliphatic hydroxyl groups is 1. The van der Waals surface area contributed by atoms with Crippen molar-refractivity contribution in [2.24, 2.45) is 0 Å². The third-order valence-electron chi connectivity index (χ3n) is 8.45. The lowest BCUT2D eigenvalue weighted by molar-refractivity contribution is 0.322. The summed E-state index contributed by atoms with van der Waals surface area (Å²) in [5.41, 5.74) is -3.67. The van der Waals surface area contributed by atoms with Crippen LogP contribution in [0.4, 0.5) is 0 Å². The molecule has 0 atom stereocenters. The van der Waals surface area contributed by atoms with E-state index in [1.807, 2.05) is 6.92 Å². The highest BCUT2D eigenvalue weighted by molar-refractivity contribution is 7.98. The summed E-state index contributed by atoms with van der Waals surface area (Å²) in [6.07, 6.45) is 0.827. The number of aromatic hydroxyl groups is 4. The zero-order valence-electron chi connectivity index (χ0n) is 27.1. The van der Waals surface area contributed by atoms with Crippen LogP contribution in [0.15, 0.2) is 19.2 Å². The van der Waals surface area contributed by atoms with Gasteiger partial charge >= 0.3 is 0 Å². The minimum atomic E-state index is -0.896. The van der Waals surface area contributed by atoms with Crippen molar-refractivity contribution < 1.29 is 25.5 Å². The number of phenolic OH excluding ortho intramolecular Hbond substituents is 4. The predicted molar refractivity (Wildman–Crippen MR) is 187 cm³/mol. The molecule has 0 radical (unpaired) electrons. The third kappa shape index (κ3) is 5.56. The predicted octanol–water partition coefficient (Wildman–Crippen LogP) is 5.48. The molecular formula is C35H40O9S2. The lowest BCUT2D eigenvalue weighted by atomic mass is 9.80. The maximum Gasteiger partial charge on any atom is 0.230 e. The fourth-order valence-electron chi connectivity index (χ4n) is 6.32. The van der Waals surface area contributed by atoms with Gasteiger partial charge in [0.15, 0.2) is 22.4 Å². The molecule has 0 amide bonds. The lowest BCUT2D eigenvalue weighted by Crippen LogP contribution is -2.38. The topological polar surface area (TPSA) is 169 Å². The van der Waals surface area contributed by atoms with E-state index in [1.165, 1.54) is 25.6 Å². The number of benzene rings is 4. The summed E-state index contributed by atoms with van der Waals surface area (Å²) in [7, 11) is 0. The first-order valence-electron chi connectivity index (χ1n) is 15.2. The van der Waals surface area contributed by atoms with Gasteiger partial charge in [0.2, 0.25) is 10.9 Å². The molecule has 2 aliphatic carbocycles. The van der Waals surface area contributed by atoms with Gasteiger partial charge in [-0.1, -0.05) is 34.6 Å². The zero-order chi connectivity index (χ0) is 34.4. The molecule has 246 valence electrons. The number of aliphatic hydroxyl groups excluding tert-OH is 1. The number of phenols is 4. The number of hydrogen-bond acceptors (Lipinski definition) is 11. The van der Waals surface area contributed by atoms with Gasteiger partial charge in [-0.3, -0.25) is 19.2 Å². The second-order valence-electron chi connectivity index (χ2n) is 12.1. The van der Waals surface area contributed by atoms with Gasteiger partial charge in [0.1, 0.15) is 11.5 Å². The molecule has 0 spiro atoms. The molecule has 0 unspecified atom stereocenters. The highest BCUT2D eigenvalue weighted by atomic mass is 32.2. The van der Waals surface area contributed by atoms with Crippen LogP contribution in [0.5, 0.6) is 23.0 Å². The van der Waals surface area contributed by atoms with Crippen LogP contribution in [0.25, 0.3) is 33.0 Å². The van der Waals surface area contributed by atoms with E-state index in [9.17, 15) is 44.7 Å². The van der Waals surface area contributed by atoms with E-state index in [1.54, 1.807) is 27.7 Å². The molecule has 0 aliphatic heterocycles. The molecule has 0 bridgehead atoms. The van der Waals surface area contributed by atoms with Gasteiger partial charge in [-0.2, -0.15) is 23.5 Å². The number of fused-ring (bicyclic) bond motifs is 2. The van der Waals surface area contributed by atoms with E-state index in [4.69, 9.17) is 0 Å². The molecule has 0 aromatic heterocycles. The van der Waals surface area contributed by atoms with Crippen LogP contribution in [-0.2, 0) is 11.5 Å². The largest absolute Gasteiger partial charge is 0.507 e. The monoisotopic (exact) mass is 668 g/mol. The van der Waals surface area contributed by atoms with Crippen molar-refractivity contribution in [3.8, 4) is 45.3 Å². The Kier molecular flexibility index (Phi) is 10.5. The second kappa shape index (κ2) is 13.7. The Morgan fingerprint density at radius 1 is 0.565 bits per heavy atom. The maximum absolute atomic E-state index is 14.6. The summed E-state index contributed by atoms with van der Waals surface area (Å²) in [6.45, 7) is 11.5. The summed E-state index contributed by atoms with van der Waals surface area (Å²) in [6, 6.07) is 0. The first kappa shape index (κ1) is 35.3. The average Bonchev–Trinajstić information content (AvgIpc) is 2.99. The Labute approximate surface area is 275 Å². The van der Waals surface area contributed by atoms with Gasteiger partial charge in [-0.05, 0) is 37.9 Å². The van der Waals surface area contributed by atoms with Gasteiger partial charge in [0.25, 0.3) is 0 Å². The number of rotatable bonds is 11. The van der Waals surface area contributed by atoms with Gasteiger partial charge in [-0.15, -0.1) is 0 Å². The first-order chi connectivity index (χ1) is 21.6. The van der Waals surface area contributed by atoms with Crippen molar-refractivity contribution in [1.82, 2.24) is 0 Å². The summed E-state index contributed by atoms with van der Waals surface area (Å²) < 4.78 is 0. The summed E-state index contributed by atoms with van der Waals surface area (Å²) in [5, 5.41) is 55.5. The zero-order valence-corrected chi connectivity index (χ0v) is 28.7. The fraction of sp³-hybridized carbons (Fsp3) is 0.429. The molecule has 46 heavy (non-hydrogen) atoms. The van der Waals surface area contributed by atoms with Crippen molar-refractivity contribution in [2.45, 2.75) is 78.2 Å². The highest BCUT2D eigenvalue weighted by Gasteiger charge is 2.34. The Bertz CT molecular complexity index is 2020. The van der Waals surface area contributed by atoms with Crippen molar-refractivity contribution >= 4 is 34.3 Å². The van der Waals surface area contributed by atoms with E-state index in [0.29, 0.717) is 5.75 Å². The molecule has 2 aromatic rings. The van der Waals surface area contributed by atoms with Crippen LogP contribution in [-0.4, -0.2) is 43.6 Å². The summed E-state index contributed by atoms with van der Waals surface area (Å²) in [5.74, 6) is -1.59. The van der Waals surface area contributed by atoms with Gasteiger partial charge in [0.05, 0.1) is 6.61 Å².